The number of carbonyl (C=O) groups is 2. The number of benzene rings is 2. The average molecular weight is 368 g/mol. The Kier molecular flexibility index (Phi) is 7.86. The van der Waals surface area contributed by atoms with Crippen LogP contribution in [0.5, 0.6) is 5.75 Å². The maximum Gasteiger partial charge on any atom is 0.261 e. The van der Waals surface area contributed by atoms with Gasteiger partial charge in [-0.05, 0) is 37.5 Å². The zero-order valence-electron chi connectivity index (χ0n) is 16.3. The van der Waals surface area contributed by atoms with E-state index in [0.717, 1.165) is 11.1 Å². The number of carbonyl (C=O) groups excluding carboxylic acids is 2. The molecule has 144 valence electrons. The predicted molar refractivity (Wildman–Crippen MR) is 106 cm³/mol. The van der Waals surface area contributed by atoms with Crippen LogP contribution in [0, 0.1) is 6.92 Å². The Bertz CT molecular complexity index is 746. The summed E-state index contributed by atoms with van der Waals surface area (Å²) < 4.78 is 5.73. The summed E-state index contributed by atoms with van der Waals surface area (Å²) in [5.41, 5.74) is 1.94. The number of hydrogen-bond donors (Lipinski definition) is 1. The van der Waals surface area contributed by atoms with Crippen molar-refractivity contribution >= 4 is 11.8 Å². The van der Waals surface area contributed by atoms with Crippen molar-refractivity contribution in [3.8, 4) is 5.75 Å². The van der Waals surface area contributed by atoms with Gasteiger partial charge in [0.15, 0.2) is 6.61 Å². The van der Waals surface area contributed by atoms with Crippen molar-refractivity contribution in [2.45, 2.75) is 39.8 Å². The molecule has 0 aliphatic heterocycles. The first-order valence-corrected chi connectivity index (χ1v) is 9.36. The third-order valence-electron chi connectivity index (χ3n) is 4.38. The van der Waals surface area contributed by atoms with E-state index in [1.54, 1.807) is 4.90 Å². The van der Waals surface area contributed by atoms with Crippen molar-refractivity contribution in [3.05, 3.63) is 65.7 Å². The molecule has 1 N–H and O–H groups in total. The minimum atomic E-state index is -0.530. The molecule has 0 unspecified atom stereocenters. The van der Waals surface area contributed by atoms with Gasteiger partial charge < -0.3 is 15.0 Å². The van der Waals surface area contributed by atoms with Gasteiger partial charge >= 0.3 is 0 Å². The van der Waals surface area contributed by atoms with Gasteiger partial charge in [0.05, 0.1) is 0 Å². The van der Waals surface area contributed by atoms with Gasteiger partial charge in [-0.2, -0.15) is 0 Å². The van der Waals surface area contributed by atoms with Crippen molar-refractivity contribution in [3.63, 3.8) is 0 Å². The molecule has 0 bridgehead atoms. The van der Waals surface area contributed by atoms with E-state index in [1.165, 1.54) is 0 Å². The quantitative estimate of drug-likeness (QED) is 0.739. The number of para-hydroxylation sites is 1. The fourth-order valence-electron chi connectivity index (χ4n) is 2.93. The van der Waals surface area contributed by atoms with Crippen LogP contribution < -0.4 is 10.1 Å². The van der Waals surface area contributed by atoms with Crippen molar-refractivity contribution in [2.75, 3.05) is 13.2 Å². The van der Waals surface area contributed by atoms with Crippen LogP contribution in [0.3, 0.4) is 0 Å². The highest BCUT2D eigenvalue weighted by atomic mass is 16.5. The zero-order valence-corrected chi connectivity index (χ0v) is 16.3. The standard InChI is InChI=1S/C22H28N2O3/c1-4-19(22(26)23-5-2)24(15-18-12-7-6-8-13-18)21(25)16-27-20-14-10-9-11-17(20)3/h6-14,19H,4-5,15-16H2,1-3H3,(H,23,26)/t19-/m0/s1. The van der Waals surface area contributed by atoms with Gasteiger partial charge in [-0.15, -0.1) is 0 Å². The van der Waals surface area contributed by atoms with Crippen molar-refractivity contribution in [2.24, 2.45) is 0 Å². The van der Waals surface area contributed by atoms with Crippen LogP contribution in [0.1, 0.15) is 31.4 Å². The molecule has 0 spiro atoms. The van der Waals surface area contributed by atoms with Crippen LogP contribution in [0.4, 0.5) is 0 Å². The molecule has 5 heteroatoms. The van der Waals surface area contributed by atoms with Gasteiger partial charge in [0.2, 0.25) is 5.91 Å². The molecule has 2 aromatic carbocycles. The van der Waals surface area contributed by atoms with Crippen LogP contribution in [0.25, 0.3) is 0 Å². The van der Waals surface area contributed by atoms with Crippen molar-refractivity contribution in [1.82, 2.24) is 10.2 Å². The second kappa shape index (κ2) is 10.4. The van der Waals surface area contributed by atoms with Crippen molar-refractivity contribution in [1.29, 1.82) is 0 Å². The lowest BCUT2D eigenvalue weighted by Crippen LogP contribution is -2.50. The molecule has 0 saturated carbocycles. The zero-order chi connectivity index (χ0) is 19.6. The summed E-state index contributed by atoms with van der Waals surface area (Å²) in [5.74, 6) is 0.331. The first-order chi connectivity index (χ1) is 13.1. The topological polar surface area (TPSA) is 58.6 Å². The summed E-state index contributed by atoms with van der Waals surface area (Å²) in [6.45, 7) is 6.51. The molecule has 0 radical (unpaired) electrons. The summed E-state index contributed by atoms with van der Waals surface area (Å²) in [5, 5.41) is 2.83. The molecule has 2 amide bonds. The smallest absolute Gasteiger partial charge is 0.261 e. The van der Waals surface area contributed by atoms with E-state index < -0.39 is 6.04 Å². The molecule has 0 aliphatic rings. The van der Waals surface area contributed by atoms with Crippen LogP contribution in [0.15, 0.2) is 54.6 Å². The van der Waals surface area contributed by atoms with E-state index in [2.05, 4.69) is 5.32 Å². The van der Waals surface area contributed by atoms with Gasteiger partial charge in [0.25, 0.3) is 5.91 Å². The van der Waals surface area contributed by atoms with E-state index in [4.69, 9.17) is 4.74 Å². The number of aryl methyl sites for hydroxylation is 1. The highest BCUT2D eigenvalue weighted by Gasteiger charge is 2.28. The number of nitrogens with zero attached hydrogens (tertiary/aromatic N) is 1. The Hall–Kier alpha value is -2.82. The summed E-state index contributed by atoms with van der Waals surface area (Å²) >= 11 is 0. The summed E-state index contributed by atoms with van der Waals surface area (Å²) in [4.78, 5) is 27.1. The number of ether oxygens (including phenoxy) is 1. The van der Waals surface area contributed by atoms with E-state index in [9.17, 15) is 9.59 Å². The Morgan fingerprint density at radius 2 is 1.70 bits per heavy atom. The van der Waals surface area contributed by atoms with Gasteiger partial charge in [0, 0.05) is 13.1 Å². The molecule has 1 atom stereocenters. The van der Waals surface area contributed by atoms with Gasteiger partial charge in [-0.1, -0.05) is 55.5 Å². The Morgan fingerprint density at radius 3 is 2.33 bits per heavy atom. The van der Waals surface area contributed by atoms with Gasteiger partial charge in [-0.25, -0.2) is 0 Å². The number of likely N-dealkylation sites (N-methyl/N-ethyl adjacent to an activating group) is 1. The summed E-state index contributed by atoms with van der Waals surface area (Å²) in [6, 6.07) is 16.7. The molecule has 0 fully saturated rings. The Morgan fingerprint density at radius 1 is 1.04 bits per heavy atom. The minimum Gasteiger partial charge on any atom is -0.484 e. The SMILES string of the molecule is CCNC(=O)[C@H](CC)N(Cc1ccccc1)C(=O)COc1ccccc1C. The molecule has 0 aromatic heterocycles. The van der Waals surface area contributed by atoms with Crippen LogP contribution in [0.2, 0.25) is 0 Å². The number of amides is 2. The fraction of sp³-hybridized carbons (Fsp3) is 0.364. The first-order valence-electron chi connectivity index (χ1n) is 9.36. The molecule has 0 aliphatic carbocycles. The first kappa shape index (κ1) is 20.5. The van der Waals surface area contributed by atoms with Crippen LogP contribution in [-0.4, -0.2) is 35.9 Å². The van der Waals surface area contributed by atoms with E-state index in [0.29, 0.717) is 25.3 Å². The molecule has 2 aromatic rings. The number of rotatable bonds is 9. The maximum atomic E-state index is 13.0. The fourth-order valence-corrected chi connectivity index (χ4v) is 2.93. The molecule has 0 heterocycles. The van der Waals surface area contributed by atoms with E-state index >= 15 is 0 Å². The lowest BCUT2D eigenvalue weighted by molar-refractivity contribution is -0.142. The lowest BCUT2D eigenvalue weighted by atomic mass is 10.1. The Labute approximate surface area is 161 Å². The molecule has 27 heavy (non-hydrogen) atoms. The number of nitrogens with one attached hydrogen (secondary N) is 1. The average Bonchev–Trinajstić information content (AvgIpc) is 2.68. The second-order valence-electron chi connectivity index (χ2n) is 6.38. The summed E-state index contributed by atoms with van der Waals surface area (Å²) in [6.07, 6.45) is 0.536. The molecule has 2 rings (SSSR count). The summed E-state index contributed by atoms with van der Waals surface area (Å²) in [7, 11) is 0. The monoisotopic (exact) mass is 368 g/mol. The van der Waals surface area contributed by atoms with E-state index in [-0.39, 0.29) is 18.4 Å². The Balaban J connectivity index is 2.17. The molecular weight excluding hydrogens is 340 g/mol. The van der Waals surface area contributed by atoms with Crippen LogP contribution >= 0.6 is 0 Å². The normalized spacial score (nSPS) is 11.5. The van der Waals surface area contributed by atoms with Gasteiger partial charge in [-0.3, -0.25) is 9.59 Å². The molecular formula is C22H28N2O3. The number of hydrogen-bond acceptors (Lipinski definition) is 3. The van der Waals surface area contributed by atoms with Crippen molar-refractivity contribution < 1.29 is 14.3 Å². The van der Waals surface area contributed by atoms with E-state index in [1.807, 2.05) is 75.4 Å². The van der Waals surface area contributed by atoms with Crippen LogP contribution in [-0.2, 0) is 16.1 Å². The molecule has 5 nitrogen and oxygen atoms in total. The molecule has 0 saturated heterocycles. The third kappa shape index (κ3) is 5.84. The highest BCUT2D eigenvalue weighted by Crippen LogP contribution is 2.17. The second-order valence-corrected chi connectivity index (χ2v) is 6.38. The predicted octanol–water partition coefficient (Wildman–Crippen LogP) is 3.32. The minimum absolute atomic E-state index is 0.104. The highest BCUT2D eigenvalue weighted by molar-refractivity contribution is 5.88. The third-order valence-corrected chi connectivity index (χ3v) is 4.38. The maximum absolute atomic E-state index is 13.0. The lowest BCUT2D eigenvalue weighted by Gasteiger charge is -2.30. The largest absolute Gasteiger partial charge is 0.484 e. The van der Waals surface area contributed by atoms with Gasteiger partial charge in [0.1, 0.15) is 11.8 Å².